The van der Waals surface area contributed by atoms with Gasteiger partial charge in [-0.3, -0.25) is 4.79 Å². The average molecular weight is 291 g/mol. The predicted molar refractivity (Wildman–Crippen MR) is 76.8 cm³/mol. The van der Waals surface area contributed by atoms with Crippen molar-refractivity contribution < 1.29 is 18.3 Å². The fourth-order valence-corrected chi connectivity index (χ4v) is 1.89. The van der Waals surface area contributed by atoms with Crippen LogP contribution in [0.3, 0.4) is 0 Å². The fraction of sp³-hybridized carbons (Fsp3) is 0.188. The van der Waals surface area contributed by atoms with Gasteiger partial charge in [0.1, 0.15) is 5.75 Å². The van der Waals surface area contributed by atoms with Gasteiger partial charge >= 0.3 is 6.61 Å². The Hall–Kier alpha value is -2.43. The zero-order valence-corrected chi connectivity index (χ0v) is 11.5. The standard InChI is InChI=1S/C16H15F2NO2/c1-2-11-5-3-7-13(9-11)19-15(20)12-6-4-8-14(10-12)21-16(17)18/h3-10,16H,2H2,1H3,(H,19,20). The molecular weight excluding hydrogens is 276 g/mol. The van der Waals surface area contributed by atoms with Crippen LogP contribution in [0.25, 0.3) is 0 Å². The Morgan fingerprint density at radius 3 is 2.67 bits per heavy atom. The summed E-state index contributed by atoms with van der Waals surface area (Å²) < 4.78 is 28.6. The average Bonchev–Trinajstić information content (AvgIpc) is 2.47. The minimum absolute atomic E-state index is 0.0417. The highest BCUT2D eigenvalue weighted by molar-refractivity contribution is 6.04. The number of anilines is 1. The van der Waals surface area contributed by atoms with E-state index in [4.69, 9.17) is 0 Å². The van der Waals surface area contributed by atoms with Crippen molar-refractivity contribution in [3.05, 3.63) is 59.7 Å². The van der Waals surface area contributed by atoms with Gasteiger partial charge in [-0.2, -0.15) is 8.78 Å². The number of carbonyl (C=O) groups excluding carboxylic acids is 1. The summed E-state index contributed by atoms with van der Waals surface area (Å²) >= 11 is 0. The normalized spacial score (nSPS) is 10.5. The lowest BCUT2D eigenvalue weighted by Gasteiger charge is -2.08. The van der Waals surface area contributed by atoms with Gasteiger partial charge in [-0.1, -0.05) is 25.1 Å². The van der Waals surface area contributed by atoms with Crippen molar-refractivity contribution in [2.75, 3.05) is 5.32 Å². The van der Waals surface area contributed by atoms with Gasteiger partial charge in [-0.15, -0.1) is 0 Å². The third-order valence-electron chi connectivity index (χ3n) is 2.91. The summed E-state index contributed by atoms with van der Waals surface area (Å²) in [5.74, 6) is -0.414. The van der Waals surface area contributed by atoms with E-state index >= 15 is 0 Å². The first-order valence-electron chi connectivity index (χ1n) is 6.53. The SMILES string of the molecule is CCc1cccc(NC(=O)c2cccc(OC(F)F)c2)c1. The molecule has 5 heteroatoms. The van der Waals surface area contributed by atoms with Crippen LogP contribution in [0.4, 0.5) is 14.5 Å². The van der Waals surface area contributed by atoms with Gasteiger partial charge in [0.2, 0.25) is 0 Å². The third-order valence-corrected chi connectivity index (χ3v) is 2.91. The maximum Gasteiger partial charge on any atom is 0.387 e. The minimum atomic E-state index is -2.91. The highest BCUT2D eigenvalue weighted by Gasteiger charge is 2.10. The van der Waals surface area contributed by atoms with Crippen LogP contribution in [-0.2, 0) is 6.42 Å². The van der Waals surface area contributed by atoms with Crippen LogP contribution in [0.2, 0.25) is 0 Å². The molecule has 0 aliphatic heterocycles. The number of hydrogen-bond acceptors (Lipinski definition) is 2. The predicted octanol–water partition coefficient (Wildman–Crippen LogP) is 4.10. The van der Waals surface area contributed by atoms with E-state index in [2.05, 4.69) is 10.1 Å². The number of amides is 1. The molecule has 21 heavy (non-hydrogen) atoms. The van der Waals surface area contributed by atoms with Gasteiger partial charge in [0.25, 0.3) is 5.91 Å². The molecule has 0 aliphatic carbocycles. The van der Waals surface area contributed by atoms with Gasteiger partial charge < -0.3 is 10.1 Å². The first-order chi connectivity index (χ1) is 10.1. The maximum atomic E-state index is 12.2. The van der Waals surface area contributed by atoms with Crippen molar-refractivity contribution in [3.8, 4) is 5.75 Å². The Morgan fingerprint density at radius 2 is 1.95 bits per heavy atom. The zero-order valence-electron chi connectivity index (χ0n) is 11.5. The molecule has 0 bridgehead atoms. The molecule has 0 spiro atoms. The number of hydrogen-bond donors (Lipinski definition) is 1. The Balaban J connectivity index is 2.12. The smallest absolute Gasteiger partial charge is 0.387 e. The number of alkyl halides is 2. The van der Waals surface area contributed by atoms with Crippen molar-refractivity contribution >= 4 is 11.6 Å². The molecule has 1 amide bonds. The first kappa shape index (κ1) is 15.0. The summed E-state index contributed by atoms with van der Waals surface area (Å²) in [6, 6.07) is 13.2. The molecule has 0 aromatic heterocycles. The molecule has 2 aromatic rings. The topological polar surface area (TPSA) is 38.3 Å². The minimum Gasteiger partial charge on any atom is -0.435 e. The van der Waals surface area contributed by atoms with E-state index in [1.807, 2.05) is 25.1 Å². The second-order valence-electron chi connectivity index (χ2n) is 4.41. The lowest BCUT2D eigenvalue weighted by molar-refractivity contribution is -0.0498. The van der Waals surface area contributed by atoms with E-state index in [0.717, 1.165) is 12.0 Å². The van der Waals surface area contributed by atoms with E-state index in [1.54, 1.807) is 6.07 Å². The van der Waals surface area contributed by atoms with Crippen LogP contribution >= 0.6 is 0 Å². The molecule has 0 radical (unpaired) electrons. The Bertz CT molecular complexity index is 629. The van der Waals surface area contributed by atoms with Gasteiger partial charge in [0, 0.05) is 11.3 Å². The molecule has 0 atom stereocenters. The number of rotatable bonds is 5. The Morgan fingerprint density at radius 1 is 1.19 bits per heavy atom. The number of halogens is 2. The number of carbonyl (C=O) groups is 1. The largest absolute Gasteiger partial charge is 0.435 e. The van der Waals surface area contributed by atoms with Crippen molar-refractivity contribution in [2.45, 2.75) is 20.0 Å². The highest BCUT2D eigenvalue weighted by atomic mass is 19.3. The summed E-state index contributed by atoms with van der Waals surface area (Å²) in [6.07, 6.45) is 0.863. The summed E-state index contributed by atoms with van der Waals surface area (Å²) in [7, 11) is 0. The zero-order chi connectivity index (χ0) is 15.2. The van der Waals surface area contributed by atoms with Crippen LogP contribution in [-0.4, -0.2) is 12.5 Å². The highest BCUT2D eigenvalue weighted by Crippen LogP contribution is 2.18. The van der Waals surface area contributed by atoms with Crippen LogP contribution < -0.4 is 10.1 Å². The van der Waals surface area contributed by atoms with Crippen molar-refractivity contribution in [2.24, 2.45) is 0 Å². The first-order valence-corrected chi connectivity index (χ1v) is 6.53. The van der Waals surface area contributed by atoms with Crippen molar-refractivity contribution in [3.63, 3.8) is 0 Å². The Kier molecular flexibility index (Phi) is 4.87. The number of benzene rings is 2. The molecule has 3 nitrogen and oxygen atoms in total. The molecule has 0 fully saturated rings. The molecule has 0 aliphatic rings. The lowest BCUT2D eigenvalue weighted by Crippen LogP contribution is -2.12. The fourth-order valence-electron chi connectivity index (χ4n) is 1.89. The number of aryl methyl sites for hydroxylation is 1. The third kappa shape index (κ3) is 4.27. The van der Waals surface area contributed by atoms with Crippen LogP contribution in [0.15, 0.2) is 48.5 Å². The molecule has 0 heterocycles. The molecule has 0 saturated heterocycles. The summed E-state index contributed by atoms with van der Waals surface area (Å²) in [4.78, 5) is 12.1. The molecule has 2 aromatic carbocycles. The summed E-state index contributed by atoms with van der Waals surface area (Å²) in [6.45, 7) is -0.893. The maximum absolute atomic E-state index is 12.2. The van der Waals surface area contributed by atoms with E-state index in [1.165, 1.54) is 24.3 Å². The van der Waals surface area contributed by atoms with E-state index < -0.39 is 6.61 Å². The molecule has 0 saturated carbocycles. The second-order valence-corrected chi connectivity index (χ2v) is 4.41. The van der Waals surface area contributed by atoms with E-state index in [0.29, 0.717) is 5.69 Å². The lowest BCUT2D eigenvalue weighted by atomic mass is 10.1. The second kappa shape index (κ2) is 6.83. The number of ether oxygens (including phenoxy) is 1. The molecule has 1 N–H and O–H groups in total. The monoisotopic (exact) mass is 291 g/mol. The molecule has 110 valence electrons. The molecular formula is C16H15F2NO2. The number of nitrogens with one attached hydrogen (secondary N) is 1. The van der Waals surface area contributed by atoms with Crippen LogP contribution in [0, 0.1) is 0 Å². The quantitative estimate of drug-likeness (QED) is 0.900. The Labute approximate surface area is 121 Å². The van der Waals surface area contributed by atoms with Gasteiger partial charge in [-0.25, -0.2) is 0 Å². The van der Waals surface area contributed by atoms with Gasteiger partial charge in [0.15, 0.2) is 0 Å². The van der Waals surface area contributed by atoms with Crippen LogP contribution in [0.5, 0.6) is 5.75 Å². The molecule has 2 rings (SSSR count). The van der Waals surface area contributed by atoms with Gasteiger partial charge in [-0.05, 0) is 42.3 Å². The van der Waals surface area contributed by atoms with E-state index in [-0.39, 0.29) is 17.2 Å². The summed E-state index contributed by atoms with van der Waals surface area (Å²) in [5, 5.41) is 2.73. The van der Waals surface area contributed by atoms with Crippen LogP contribution in [0.1, 0.15) is 22.8 Å². The van der Waals surface area contributed by atoms with Crippen molar-refractivity contribution in [1.29, 1.82) is 0 Å². The summed E-state index contributed by atoms with van der Waals surface area (Å²) in [5.41, 5.74) is 2.03. The van der Waals surface area contributed by atoms with Crippen molar-refractivity contribution in [1.82, 2.24) is 0 Å². The van der Waals surface area contributed by atoms with E-state index in [9.17, 15) is 13.6 Å². The molecule has 0 unspecified atom stereocenters. The van der Waals surface area contributed by atoms with Gasteiger partial charge in [0.05, 0.1) is 0 Å².